The van der Waals surface area contributed by atoms with Crippen LogP contribution in [0.25, 0.3) is 0 Å². The van der Waals surface area contributed by atoms with Crippen molar-refractivity contribution in [1.29, 1.82) is 0 Å². The molecule has 19 heavy (non-hydrogen) atoms. The molecule has 2 rings (SSSR count). The zero-order chi connectivity index (χ0) is 13.8. The third-order valence-corrected chi connectivity index (χ3v) is 3.12. The van der Waals surface area contributed by atoms with Crippen molar-refractivity contribution in [3.8, 4) is 0 Å². The van der Waals surface area contributed by atoms with Crippen molar-refractivity contribution >= 4 is 17.6 Å². The van der Waals surface area contributed by atoms with Gasteiger partial charge < -0.3 is 15.7 Å². The number of nitrogens with one attached hydrogen (secondary N) is 2. The highest BCUT2D eigenvalue weighted by Crippen LogP contribution is 2.20. The van der Waals surface area contributed by atoms with Crippen LogP contribution in [0.4, 0.5) is 5.69 Å². The fraction of sp³-hybridized carbons (Fsp3) is 0.429. The van der Waals surface area contributed by atoms with E-state index in [9.17, 15) is 9.59 Å². The summed E-state index contributed by atoms with van der Waals surface area (Å²) in [6, 6.07) is 5.64. The smallest absolute Gasteiger partial charge is 0.338 e. The van der Waals surface area contributed by atoms with E-state index in [0.29, 0.717) is 30.3 Å². The minimum atomic E-state index is -1.02. The van der Waals surface area contributed by atoms with Gasteiger partial charge >= 0.3 is 5.97 Å². The predicted molar refractivity (Wildman–Crippen MR) is 72.4 cm³/mol. The van der Waals surface area contributed by atoms with Crippen LogP contribution in [0, 0.1) is 6.92 Å². The van der Waals surface area contributed by atoms with Crippen molar-refractivity contribution < 1.29 is 14.7 Å². The number of aromatic carboxylic acids is 1. The molecule has 1 aromatic carbocycles. The average molecular weight is 262 g/mol. The Balaban J connectivity index is 1.95. The monoisotopic (exact) mass is 262 g/mol. The first-order chi connectivity index (χ1) is 9.08. The zero-order valence-corrected chi connectivity index (χ0v) is 10.9. The predicted octanol–water partition coefficient (Wildman–Crippen LogP) is 1.77. The molecule has 0 heterocycles. The van der Waals surface area contributed by atoms with E-state index in [1.54, 1.807) is 25.1 Å². The quantitative estimate of drug-likeness (QED) is 0.730. The summed E-state index contributed by atoms with van der Waals surface area (Å²) in [6.07, 6.45) is 2.72. The van der Waals surface area contributed by atoms with E-state index in [0.717, 1.165) is 0 Å². The molecule has 1 aliphatic carbocycles. The van der Waals surface area contributed by atoms with Crippen LogP contribution in [0.1, 0.15) is 35.2 Å². The lowest BCUT2D eigenvalue weighted by Crippen LogP contribution is -2.24. The van der Waals surface area contributed by atoms with Gasteiger partial charge in [-0.3, -0.25) is 4.79 Å². The van der Waals surface area contributed by atoms with E-state index in [1.165, 1.54) is 12.8 Å². The van der Waals surface area contributed by atoms with E-state index >= 15 is 0 Å². The van der Waals surface area contributed by atoms with E-state index in [2.05, 4.69) is 10.6 Å². The number of aryl methyl sites for hydroxylation is 1. The Labute approximate surface area is 112 Å². The summed E-state index contributed by atoms with van der Waals surface area (Å²) < 4.78 is 0. The summed E-state index contributed by atoms with van der Waals surface area (Å²) in [6.45, 7) is 2.35. The van der Waals surface area contributed by atoms with Crippen molar-refractivity contribution in [3.05, 3.63) is 29.3 Å². The van der Waals surface area contributed by atoms with Gasteiger partial charge in [0, 0.05) is 19.0 Å². The van der Waals surface area contributed by atoms with Crippen molar-refractivity contribution in [3.63, 3.8) is 0 Å². The summed E-state index contributed by atoms with van der Waals surface area (Å²) in [4.78, 5) is 22.9. The summed E-state index contributed by atoms with van der Waals surface area (Å²) >= 11 is 0. The first kappa shape index (κ1) is 13.5. The number of carboxylic acid groups (broad SMARTS) is 1. The number of hydrogen-bond donors (Lipinski definition) is 3. The molecule has 0 aliphatic heterocycles. The largest absolute Gasteiger partial charge is 0.478 e. The minimum absolute atomic E-state index is 0.158. The van der Waals surface area contributed by atoms with E-state index in [-0.39, 0.29) is 11.5 Å². The number of hydrogen-bond acceptors (Lipinski definition) is 3. The van der Waals surface area contributed by atoms with Gasteiger partial charge in [-0.15, -0.1) is 0 Å². The Kier molecular flexibility index (Phi) is 4.16. The SMILES string of the molecule is Cc1cccc(NC(=O)CCNC2CC2)c1C(=O)O. The van der Waals surface area contributed by atoms with Gasteiger partial charge in [0.05, 0.1) is 11.3 Å². The maximum atomic E-state index is 11.8. The molecule has 1 aromatic rings. The lowest BCUT2D eigenvalue weighted by molar-refractivity contribution is -0.116. The van der Waals surface area contributed by atoms with Crippen LogP contribution >= 0.6 is 0 Å². The van der Waals surface area contributed by atoms with Gasteiger partial charge in [0.1, 0.15) is 0 Å². The molecule has 0 radical (unpaired) electrons. The molecule has 1 amide bonds. The average Bonchev–Trinajstić information content (AvgIpc) is 3.12. The van der Waals surface area contributed by atoms with Crippen molar-refractivity contribution in [2.45, 2.75) is 32.2 Å². The van der Waals surface area contributed by atoms with Crippen molar-refractivity contribution in [2.24, 2.45) is 0 Å². The normalized spacial score (nSPS) is 14.2. The molecule has 0 unspecified atom stereocenters. The molecule has 1 fully saturated rings. The van der Waals surface area contributed by atoms with Gasteiger partial charge in [-0.25, -0.2) is 4.79 Å². The van der Waals surface area contributed by atoms with Gasteiger partial charge in [-0.2, -0.15) is 0 Å². The van der Waals surface area contributed by atoms with Crippen LogP contribution in [0.15, 0.2) is 18.2 Å². The Hall–Kier alpha value is -1.88. The molecular formula is C14H18N2O3. The van der Waals surface area contributed by atoms with Crippen LogP contribution in [0.5, 0.6) is 0 Å². The molecule has 5 nitrogen and oxygen atoms in total. The van der Waals surface area contributed by atoms with Gasteiger partial charge in [0.25, 0.3) is 0 Å². The van der Waals surface area contributed by atoms with Crippen LogP contribution in [0.3, 0.4) is 0 Å². The number of carbonyl (C=O) groups is 2. The summed E-state index contributed by atoms with van der Waals surface area (Å²) in [5.41, 5.74) is 1.16. The maximum absolute atomic E-state index is 11.8. The third kappa shape index (κ3) is 3.79. The molecule has 0 saturated heterocycles. The van der Waals surface area contributed by atoms with E-state index in [4.69, 9.17) is 5.11 Å². The van der Waals surface area contributed by atoms with E-state index < -0.39 is 5.97 Å². The minimum Gasteiger partial charge on any atom is -0.478 e. The Bertz CT molecular complexity index is 495. The molecule has 0 aromatic heterocycles. The third-order valence-electron chi connectivity index (χ3n) is 3.12. The first-order valence-corrected chi connectivity index (χ1v) is 6.44. The maximum Gasteiger partial charge on any atom is 0.338 e. The summed E-state index contributed by atoms with van der Waals surface area (Å²) in [5, 5.41) is 15.1. The first-order valence-electron chi connectivity index (χ1n) is 6.44. The second-order valence-corrected chi connectivity index (χ2v) is 4.83. The number of carboxylic acids is 1. The van der Waals surface area contributed by atoms with Crippen LogP contribution in [0.2, 0.25) is 0 Å². The zero-order valence-electron chi connectivity index (χ0n) is 10.9. The number of rotatable bonds is 6. The lowest BCUT2D eigenvalue weighted by Gasteiger charge is -2.10. The Morgan fingerprint density at radius 1 is 1.37 bits per heavy atom. The topological polar surface area (TPSA) is 78.4 Å². The summed E-state index contributed by atoms with van der Waals surface area (Å²) in [7, 11) is 0. The fourth-order valence-electron chi connectivity index (χ4n) is 1.95. The number of benzene rings is 1. The Morgan fingerprint density at radius 2 is 2.11 bits per heavy atom. The second kappa shape index (κ2) is 5.84. The molecule has 0 bridgehead atoms. The Morgan fingerprint density at radius 3 is 2.74 bits per heavy atom. The van der Waals surface area contributed by atoms with E-state index in [1.807, 2.05) is 0 Å². The highest BCUT2D eigenvalue weighted by Gasteiger charge is 2.20. The second-order valence-electron chi connectivity index (χ2n) is 4.83. The van der Waals surface area contributed by atoms with Crippen LogP contribution in [-0.4, -0.2) is 29.6 Å². The number of carbonyl (C=O) groups excluding carboxylic acids is 1. The van der Waals surface area contributed by atoms with Crippen molar-refractivity contribution in [1.82, 2.24) is 5.32 Å². The van der Waals surface area contributed by atoms with Crippen LogP contribution in [-0.2, 0) is 4.79 Å². The molecule has 1 saturated carbocycles. The van der Waals surface area contributed by atoms with Crippen molar-refractivity contribution in [2.75, 3.05) is 11.9 Å². The molecule has 1 aliphatic rings. The molecule has 102 valence electrons. The highest BCUT2D eigenvalue weighted by molar-refractivity contribution is 6.01. The molecular weight excluding hydrogens is 244 g/mol. The molecule has 3 N–H and O–H groups in total. The molecule has 0 atom stereocenters. The highest BCUT2D eigenvalue weighted by atomic mass is 16.4. The summed E-state index contributed by atoms with van der Waals surface area (Å²) in [5.74, 6) is -1.19. The molecule has 5 heteroatoms. The standard InChI is InChI=1S/C14H18N2O3/c1-9-3-2-4-11(13(9)14(18)19)16-12(17)7-8-15-10-5-6-10/h2-4,10,15H,5-8H2,1H3,(H,16,17)(H,18,19). The van der Waals surface area contributed by atoms with Gasteiger partial charge in [-0.1, -0.05) is 12.1 Å². The number of anilines is 1. The van der Waals surface area contributed by atoms with Crippen LogP contribution < -0.4 is 10.6 Å². The molecule has 0 spiro atoms. The fourth-order valence-corrected chi connectivity index (χ4v) is 1.95. The van der Waals surface area contributed by atoms with Gasteiger partial charge in [0.2, 0.25) is 5.91 Å². The lowest BCUT2D eigenvalue weighted by atomic mass is 10.1. The van der Waals surface area contributed by atoms with Gasteiger partial charge in [-0.05, 0) is 31.4 Å². The number of amides is 1. The van der Waals surface area contributed by atoms with Gasteiger partial charge in [0.15, 0.2) is 0 Å².